The number of halogens is 5. The number of aryl methyl sites for hydroxylation is 1. The van der Waals surface area contributed by atoms with Gasteiger partial charge < -0.3 is 0 Å². The minimum absolute atomic E-state index is 0.0264. The molecule has 4 aromatic carbocycles. The molecule has 0 radical (unpaired) electrons. The second-order valence-corrected chi connectivity index (χ2v) is 8.11. The lowest BCUT2D eigenvalue weighted by molar-refractivity contribution is -0.139. The van der Waals surface area contributed by atoms with Crippen molar-refractivity contribution in [3.8, 4) is 23.0 Å². The molecule has 0 aromatic heterocycles. The maximum atomic E-state index is 15.2. The van der Waals surface area contributed by atoms with Crippen LogP contribution >= 0.6 is 0 Å². The van der Waals surface area contributed by atoms with Crippen molar-refractivity contribution in [3.05, 3.63) is 119 Å². The van der Waals surface area contributed by atoms with E-state index in [1.54, 1.807) is 24.3 Å². The smallest absolute Gasteiger partial charge is 0.206 e. The quantitative estimate of drug-likeness (QED) is 0.157. The third kappa shape index (κ3) is 5.60. The number of benzene rings is 4. The Kier molecular flexibility index (Phi) is 7.02. The summed E-state index contributed by atoms with van der Waals surface area (Å²) in [7, 11) is 0. The van der Waals surface area contributed by atoms with Gasteiger partial charge in [-0.05, 0) is 72.7 Å². The number of rotatable bonds is 4. The summed E-state index contributed by atoms with van der Waals surface area (Å²) in [6.45, 7) is 2.00. The predicted molar refractivity (Wildman–Crippen MR) is 130 cm³/mol. The Balaban J connectivity index is 1.58. The van der Waals surface area contributed by atoms with Crippen LogP contribution in [0, 0.1) is 23.5 Å². The molecule has 0 unspecified atom stereocenters. The summed E-state index contributed by atoms with van der Waals surface area (Å²) in [6.07, 6.45) is 1.31. The fourth-order valence-corrected chi connectivity index (χ4v) is 3.82. The van der Waals surface area contributed by atoms with Crippen molar-refractivity contribution in [1.82, 2.24) is 0 Å². The molecule has 4 rings (SSSR count). The van der Waals surface area contributed by atoms with Gasteiger partial charge in [0.2, 0.25) is 0 Å². The third-order valence-electron chi connectivity index (χ3n) is 5.68. The van der Waals surface area contributed by atoms with Crippen LogP contribution in [-0.2, 0) is 12.6 Å². The minimum Gasteiger partial charge on any atom is -0.206 e. The number of hydrogen-bond acceptors (Lipinski definition) is 0. The first-order valence-corrected chi connectivity index (χ1v) is 11.1. The zero-order valence-corrected chi connectivity index (χ0v) is 18.9. The zero-order valence-electron chi connectivity index (χ0n) is 18.9. The lowest BCUT2D eigenvalue weighted by atomic mass is 9.98. The standard InChI is InChI=1S/C30H21F5/c1-2-3-4-5-20-6-8-21(9-7-20)10-11-22-12-15-25-23(18-22)13-16-26(29(25)32)24-14-17-27(28(31)19-24)30(33,34)35/h2-3,6-9,12-19H,4-5H2,1H3/b3-2+. The Hall–Kier alpha value is -3.91. The van der Waals surface area contributed by atoms with Crippen LogP contribution in [0.2, 0.25) is 0 Å². The number of allylic oxidation sites excluding steroid dienone is 2. The Morgan fingerprint density at radius 2 is 1.51 bits per heavy atom. The van der Waals surface area contributed by atoms with Crippen LogP contribution in [-0.4, -0.2) is 0 Å². The van der Waals surface area contributed by atoms with E-state index >= 15 is 4.39 Å². The topological polar surface area (TPSA) is 0 Å². The number of fused-ring (bicyclic) bond motifs is 1. The summed E-state index contributed by atoms with van der Waals surface area (Å²) in [6, 6.07) is 18.5. The lowest BCUT2D eigenvalue weighted by Crippen LogP contribution is -2.07. The molecule has 0 aliphatic rings. The van der Waals surface area contributed by atoms with Crippen LogP contribution in [0.5, 0.6) is 0 Å². The van der Waals surface area contributed by atoms with Gasteiger partial charge in [-0.1, -0.05) is 60.4 Å². The summed E-state index contributed by atoms with van der Waals surface area (Å²) in [5, 5.41) is 0.864. The summed E-state index contributed by atoms with van der Waals surface area (Å²) >= 11 is 0. The van der Waals surface area contributed by atoms with Crippen molar-refractivity contribution in [2.24, 2.45) is 0 Å². The summed E-state index contributed by atoms with van der Waals surface area (Å²) in [4.78, 5) is 0. The molecule has 4 aromatic rings. The van der Waals surface area contributed by atoms with Crippen LogP contribution in [0.1, 0.15) is 35.6 Å². The van der Waals surface area contributed by atoms with Crippen LogP contribution in [0.15, 0.2) is 84.9 Å². The summed E-state index contributed by atoms with van der Waals surface area (Å²) < 4.78 is 67.6. The summed E-state index contributed by atoms with van der Waals surface area (Å²) in [5.41, 5.74) is 1.48. The molecule has 0 aliphatic carbocycles. The highest BCUT2D eigenvalue weighted by molar-refractivity contribution is 5.89. The third-order valence-corrected chi connectivity index (χ3v) is 5.68. The van der Waals surface area contributed by atoms with E-state index in [-0.39, 0.29) is 16.5 Å². The second-order valence-electron chi connectivity index (χ2n) is 8.11. The molecule has 0 fully saturated rings. The first-order chi connectivity index (χ1) is 16.8. The number of alkyl halides is 3. The normalized spacial score (nSPS) is 11.6. The van der Waals surface area contributed by atoms with Crippen LogP contribution in [0.4, 0.5) is 22.0 Å². The van der Waals surface area contributed by atoms with E-state index in [1.165, 1.54) is 11.6 Å². The van der Waals surface area contributed by atoms with Gasteiger partial charge in [0.15, 0.2) is 0 Å². The molecule has 0 aliphatic heterocycles. The van der Waals surface area contributed by atoms with Gasteiger partial charge >= 0.3 is 6.18 Å². The second kappa shape index (κ2) is 10.1. The highest BCUT2D eigenvalue weighted by Crippen LogP contribution is 2.35. The maximum Gasteiger partial charge on any atom is 0.419 e. The van der Waals surface area contributed by atoms with Crippen molar-refractivity contribution in [3.63, 3.8) is 0 Å². The van der Waals surface area contributed by atoms with Crippen molar-refractivity contribution >= 4 is 10.8 Å². The first-order valence-electron chi connectivity index (χ1n) is 11.1. The van der Waals surface area contributed by atoms with Crippen molar-refractivity contribution < 1.29 is 22.0 Å². The van der Waals surface area contributed by atoms with Crippen molar-refractivity contribution in [2.75, 3.05) is 0 Å². The monoisotopic (exact) mass is 476 g/mol. The predicted octanol–water partition coefficient (Wildman–Crippen LogP) is 8.71. The fourth-order valence-electron chi connectivity index (χ4n) is 3.82. The molecule has 0 N–H and O–H groups in total. The molecule has 176 valence electrons. The highest BCUT2D eigenvalue weighted by Gasteiger charge is 2.34. The Morgan fingerprint density at radius 3 is 2.20 bits per heavy atom. The van der Waals surface area contributed by atoms with Crippen LogP contribution in [0.3, 0.4) is 0 Å². The van der Waals surface area contributed by atoms with Gasteiger partial charge in [-0.3, -0.25) is 0 Å². The Labute approximate surface area is 200 Å². The molecule has 5 heteroatoms. The molecule has 0 amide bonds. The number of hydrogen-bond donors (Lipinski definition) is 0. The van der Waals surface area contributed by atoms with Crippen molar-refractivity contribution in [1.29, 1.82) is 0 Å². The van der Waals surface area contributed by atoms with E-state index < -0.39 is 23.4 Å². The first kappa shape index (κ1) is 24.2. The van der Waals surface area contributed by atoms with Crippen LogP contribution < -0.4 is 0 Å². The molecular weight excluding hydrogens is 455 g/mol. The fraction of sp³-hybridized carbons (Fsp3) is 0.133. The van der Waals surface area contributed by atoms with Gasteiger partial charge in [-0.25, -0.2) is 8.78 Å². The molecule has 0 atom stereocenters. The average molecular weight is 476 g/mol. The van der Waals surface area contributed by atoms with Gasteiger partial charge in [0, 0.05) is 22.1 Å². The lowest BCUT2D eigenvalue weighted by Gasteiger charge is -2.11. The van der Waals surface area contributed by atoms with E-state index in [9.17, 15) is 17.6 Å². The SMILES string of the molecule is C/C=C/CCc1ccc(C#Cc2ccc3c(F)c(-c4ccc(C(F)(F)F)c(F)c4)ccc3c2)cc1. The van der Waals surface area contributed by atoms with Gasteiger partial charge in [0.05, 0.1) is 5.56 Å². The van der Waals surface area contributed by atoms with Gasteiger partial charge in [-0.15, -0.1) is 0 Å². The molecular formula is C30H21F5. The highest BCUT2D eigenvalue weighted by atomic mass is 19.4. The van der Waals surface area contributed by atoms with E-state index in [2.05, 4.69) is 30.0 Å². The Bertz CT molecular complexity index is 1450. The Morgan fingerprint density at radius 1 is 0.800 bits per heavy atom. The van der Waals surface area contributed by atoms with E-state index in [0.29, 0.717) is 23.1 Å². The molecule has 35 heavy (non-hydrogen) atoms. The molecule has 0 spiro atoms. The minimum atomic E-state index is -4.81. The average Bonchev–Trinajstić information content (AvgIpc) is 2.83. The molecule has 0 heterocycles. The molecule has 0 saturated heterocycles. The molecule has 0 saturated carbocycles. The van der Waals surface area contributed by atoms with E-state index in [4.69, 9.17) is 0 Å². The molecule has 0 bridgehead atoms. The van der Waals surface area contributed by atoms with Gasteiger partial charge in [0.25, 0.3) is 0 Å². The van der Waals surface area contributed by atoms with Gasteiger partial charge in [0.1, 0.15) is 11.6 Å². The van der Waals surface area contributed by atoms with Gasteiger partial charge in [-0.2, -0.15) is 13.2 Å². The largest absolute Gasteiger partial charge is 0.419 e. The molecule has 0 nitrogen and oxygen atoms in total. The summed E-state index contributed by atoms with van der Waals surface area (Å²) in [5.74, 6) is 4.11. The van der Waals surface area contributed by atoms with Crippen molar-refractivity contribution in [2.45, 2.75) is 25.9 Å². The zero-order chi connectivity index (χ0) is 25.0. The maximum absolute atomic E-state index is 15.2. The van der Waals surface area contributed by atoms with Crippen LogP contribution in [0.25, 0.3) is 21.9 Å². The van der Waals surface area contributed by atoms with E-state index in [1.807, 2.05) is 25.1 Å². The van der Waals surface area contributed by atoms with E-state index in [0.717, 1.165) is 24.5 Å².